The first-order valence-corrected chi connectivity index (χ1v) is 6.86. The molecule has 0 aromatic heterocycles. The molecule has 0 spiro atoms. The van der Waals surface area contributed by atoms with Crippen LogP contribution in [0.15, 0.2) is 68.9 Å². The molecule has 0 fully saturated rings. The summed E-state index contributed by atoms with van der Waals surface area (Å²) in [5.41, 5.74) is 12.8. The molecule has 0 aliphatic carbocycles. The number of nitrogens with two attached hydrogens (primary N) is 2. The van der Waals surface area contributed by atoms with Gasteiger partial charge in [0, 0.05) is 0 Å². The number of phenols is 2. The number of rotatable bonds is 4. The smallest absolute Gasteiger partial charge is 0.190 e. The molecular weight excluding hydrogens is 308 g/mol. The normalized spacial score (nSPS) is 13.0. The van der Waals surface area contributed by atoms with Crippen LogP contribution < -0.4 is 11.5 Å². The summed E-state index contributed by atoms with van der Waals surface area (Å²) < 4.78 is 0. The summed E-state index contributed by atoms with van der Waals surface area (Å²) >= 11 is 0. The second kappa shape index (κ2) is 8.08. The maximum absolute atomic E-state index is 9.17. The number of hydrogen-bond donors (Lipinski definition) is 4. The van der Waals surface area contributed by atoms with Crippen molar-refractivity contribution in [3.63, 3.8) is 0 Å². The number of nitrogens with zero attached hydrogens (tertiary/aromatic N) is 4. The molecule has 2 aromatic carbocycles. The van der Waals surface area contributed by atoms with Gasteiger partial charge in [-0.15, -0.1) is 10.2 Å². The molecule has 0 saturated heterocycles. The Kier molecular flexibility index (Phi) is 5.62. The van der Waals surface area contributed by atoms with Crippen LogP contribution in [0.5, 0.6) is 11.5 Å². The fourth-order valence-electron chi connectivity index (χ4n) is 1.54. The Labute approximate surface area is 138 Å². The first-order chi connectivity index (χ1) is 11.5. The van der Waals surface area contributed by atoms with Crippen molar-refractivity contribution >= 4 is 24.1 Å². The zero-order chi connectivity index (χ0) is 17.4. The van der Waals surface area contributed by atoms with Gasteiger partial charge in [0.25, 0.3) is 0 Å². The van der Waals surface area contributed by atoms with Gasteiger partial charge in [-0.05, 0) is 59.7 Å². The number of phenolic OH excluding ortho intramolecular Hbond substituents is 2. The third-order valence-electron chi connectivity index (χ3n) is 2.79. The van der Waals surface area contributed by atoms with Gasteiger partial charge in [0.05, 0.1) is 12.4 Å². The first kappa shape index (κ1) is 16.7. The molecule has 0 unspecified atom stereocenters. The molecule has 0 amide bonds. The molecule has 0 atom stereocenters. The molecule has 0 aliphatic rings. The summed E-state index contributed by atoms with van der Waals surface area (Å²) in [6.45, 7) is 0. The van der Waals surface area contributed by atoms with Gasteiger partial charge >= 0.3 is 0 Å². The lowest BCUT2D eigenvalue weighted by Crippen LogP contribution is -2.30. The van der Waals surface area contributed by atoms with Crippen molar-refractivity contribution in [3.8, 4) is 11.5 Å². The van der Waals surface area contributed by atoms with Gasteiger partial charge in [0.1, 0.15) is 11.5 Å². The van der Waals surface area contributed by atoms with E-state index in [0.717, 1.165) is 11.1 Å². The van der Waals surface area contributed by atoms with Crippen LogP contribution in [0.25, 0.3) is 0 Å². The molecule has 6 N–H and O–H groups in total. The van der Waals surface area contributed by atoms with Crippen molar-refractivity contribution in [2.45, 2.75) is 0 Å². The summed E-state index contributed by atoms with van der Waals surface area (Å²) in [6.07, 6.45) is 2.92. The lowest BCUT2D eigenvalue weighted by atomic mass is 10.2. The van der Waals surface area contributed by atoms with E-state index in [9.17, 15) is 10.2 Å². The summed E-state index contributed by atoms with van der Waals surface area (Å²) in [6, 6.07) is 12.8. The van der Waals surface area contributed by atoms with Gasteiger partial charge in [-0.2, -0.15) is 10.2 Å². The van der Waals surface area contributed by atoms with E-state index in [1.165, 1.54) is 36.7 Å². The standard InChI is InChI=1S/C16H16N6O2/c17-15(21-19-9-11-1-5-13(23)6-2-11)16(18)22-20-10-12-3-7-14(24)8-4-12/h1-10,23-24H,(H2,17,21)(H2,18,22). The van der Waals surface area contributed by atoms with E-state index >= 15 is 0 Å². The highest BCUT2D eigenvalue weighted by Crippen LogP contribution is 2.08. The van der Waals surface area contributed by atoms with Gasteiger partial charge < -0.3 is 21.7 Å². The van der Waals surface area contributed by atoms with Crippen LogP contribution in [-0.2, 0) is 0 Å². The Hall–Kier alpha value is -3.68. The fraction of sp³-hybridized carbons (Fsp3) is 0. The van der Waals surface area contributed by atoms with E-state index in [-0.39, 0.29) is 23.2 Å². The Morgan fingerprint density at radius 3 is 1.33 bits per heavy atom. The van der Waals surface area contributed by atoms with E-state index in [4.69, 9.17) is 11.5 Å². The van der Waals surface area contributed by atoms with E-state index < -0.39 is 0 Å². The van der Waals surface area contributed by atoms with Gasteiger partial charge in [-0.1, -0.05) is 0 Å². The Morgan fingerprint density at radius 2 is 1.00 bits per heavy atom. The highest BCUT2D eigenvalue weighted by molar-refractivity contribution is 6.39. The monoisotopic (exact) mass is 324 g/mol. The molecule has 0 heterocycles. The molecule has 0 bridgehead atoms. The molecule has 2 rings (SSSR count). The van der Waals surface area contributed by atoms with Gasteiger partial charge in [-0.3, -0.25) is 0 Å². The Balaban J connectivity index is 1.98. The van der Waals surface area contributed by atoms with E-state index in [0.29, 0.717) is 0 Å². The highest BCUT2D eigenvalue weighted by atomic mass is 16.3. The van der Waals surface area contributed by atoms with Crippen LogP contribution in [0.4, 0.5) is 0 Å². The minimum atomic E-state index is -0.0760. The van der Waals surface area contributed by atoms with Gasteiger partial charge in [0.2, 0.25) is 0 Å². The van der Waals surface area contributed by atoms with E-state index in [2.05, 4.69) is 20.4 Å². The van der Waals surface area contributed by atoms with Crippen molar-refractivity contribution in [1.29, 1.82) is 0 Å². The minimum absolute atomic E-state index is 0.0760. The molecule has 0 aliphatic heterocycles. The van der Waals surface area contributed by atoms with Gasteiger partial charge in [0.15, 0.2) is 11.7 Å². The quantitative estimate of drug-likeness (QED) is 0.380. The molecule has 0 radical (unpaired) electrons. The van der Waals surface area contributed by atoms with Crippen molar-refractivity contribution in [2.75, 3.05) is 0 Å². The molecule has 122 valence electrons. The number of amidine groups is 2. The topological polar surface area (TPSA) is 142 Å². The molecule has 8 heteroatoms. The SMILES string of the molecule is NC(=NN=Cc1ccc(O)cc1)C(N)=NN=Cc1ccc(O)cc1. The minimum Gasteiger partial charge on any atom is -0.508 e. The summed E-state index contributed by atoms with van der Waals surface area (Å²) in [5, 5.41) is 33.3. The van der Waals surface area contributed by atoms with Gasteiger partial charge in [-0.25, -0.2) is 0 Å². The van der Waals surface area contributed by atoms with Crippen LogP contribution in [0.1, 0.15) is 11.1 Å². The van der Waals surface area contributed by atoms with Crippen molar-refractivity contribution < 1.29 is 10.2 Å². The van der Waals surface area contributed by atoms with Crippen LogP contribution >= 0.6 is 0 Å². The summed E-state index contributed by atoms with van der Waals surface area (Å²) in [4.78, 5) is 0. The molecular formula is C16H16N6O2. The lowest BCUT2D eigenvalue weighted by molar-refractivity contribution is 0.475. The van der Waals surface area contributed by atoms with Crippen molar-refractivity contribution in [2.24, 2.45) is 31.9 Å². The zero-order valence-electron chi connectivity index (χ0n) is 12.6. The largest absolute Gasteiger partial charge is 0.508 e. The Morgan fingerprint density at radius 1 is 0.667 bits per heavy atom. The van der Waals surface area contributed by atoms with Crippen molar-refractivity contribution in [3.05, 3.63) is 59.7 Å². The number of benzene rings is 2. The van der Waals surface area contributed by atoms with Crippen LogP contribution in [0.2, 0.25) is 0 Å². The fourth-order valence-corrected chi connectivity index (χ4v) is 1.54. The molecule has 2 aromatic rings. The average Bonchev–Trinajstić information content (AvgIpc) is 2.58. The zero-order valence-corrected chi connectivity index (χ0v) is 12.6. The predicted octanol–water partition coefficient (Wildman–Crippen LogP) is 1.18. The lowest BCUT2D eigenvalue weighted by Gasteiger charge is -1.95. The number of hydrogen-bond acceptors (Lipinski definition) is 6. The highest BCUT2D eigenvalue weighted by Gasteiger charge is 1.97. The van der Waals surface area contributed by atoms with E-state index in [1.54, 1.807) is 24.3 Å². The summed E-state index contributed by atoms with van der Waals surface area (Å²) in [7, 11) is 0. The molecule has 0 saturated carbocycles. The third kappa shape index (κ3) is 5.26. The maximum Gasteiger partial charge on any atom is 0.190 e. The molecule has 24 heavy (non-hydrogen) atoms. The maximum atomic E-state index is 9.17. The van der Waals surface area contributed by atoms with E-state index in [1.807, 2.05) is 0 Å². The average molecular weight is 324 g/mol. The summed E-state index contributed by atoms with van der Waals surface area (Å²) in [5.74, 6) is 0.178. The second-order valence-corrected chi connectivity index (χ2v) is 4.64. The Bertz CT molecular complexity index is 723. The second-order valence-electron chi connectivity index (χ2n) is 4.64. The molecule has 8 nitrogen and oxygen atoms in total. The number of aromatic hydroxyl groups is 2. The first-order valence-electron chi connectivity index (χ1n) is 6.86. The third-order valence-corrected chi connectivity index (χ3v) is 2.79. The van der Waals surface area contributed by atoms with Crippen LogP contribution in [-0.4, -0.2) is 34.3 Å². The predicted molar refractivity (Wildman–Crippen MR) is 94.6 cm³/mol. The van der Waals surface area contributed by atoms with Crippen LogP contribution in [0, 0.1) is 0 Å². The van der Waals surface area contributed by atoms with Crippen LogP contribution in [0.3, 0.4) is 0 Å². The van der Waals surface area contributed by atoms with Crippen molar-refractivity contribution in [1.82, 2.24) is 0 Å².